The van der Waals surface area contributed by atoms with Gasteiger partial charge in [0.25, 0.3) is 0 Å². The van der Waals surface area contributed by atoms with Crippen molar-refractivity contribution in [1.29, 1.82) is 0 Å². The Bertz CT molecular complexity index is 513. The van der Waals surface area contributed by atoms with Crippen LogP contribution in [0, 0.1) is 0 Å². The van der Waals surface area contributed by atoms with Crippen LogP contribution in [0.2, 0.25) is 0 Å². The van der Waals surface area contributed by atoms with E-state index in [0.717, 1.165) is 13.1 Å². The molecule has 0 aliphatic rings. The zero-order valence-electron chi connectivity index (χ0n) is 12.0. The quantitative estimate of drug-likeness (QED) is 0.816. The summed E-state index contributed by atoms with van der Waals surface area (Å²) in [6, 6.07) is 10.3. The van der Waals surface area contributed by atoms with Gasteiger partial charge >= 0.3 is 0 Å². The summed E-state index contributed by atoms with van der Waals surface area (Å²) in [6.45, 7) is 2.79. The van der Waals surface area contributed by atoms with Gasteiger partial charge in [0, 0.05) is 25.8 Å². The number of likely N-dealkylation sites (N-methyl/N-ethyl adjacent to an activating group) is 2. The van der Waals surface area contributed by atoms with Crippen molar-refractivity contribution in [1.82, 2.24) is 15.0 Å². The van der Waals surface area contributed by atoms with Gasteiger partial charge < -0.3 is 15.2 Å². The molecule has 1 aromatic carbocycles. The number of nitrogens with zero attached hydrogens (tertiary/aromatic N) is 4. The number of hydrogen-bond acceptors (Lipinski definition) is 6. The normalized spacial score (nSPS) is 11.0. The van der Waals surface area contributed by atoms with Gasteiger partial charge in [-0.05, 0) is 19.2 Å². The number of para-hydroxylation sites is 1. The number of rotatable bonds is 7. The summed E-state index contributed by atoms with van der Waals surface area (Å²) in [7, 11) is 4.13. The fourth-order valence-electron chi connectivity index (χ4n) is 1.89. The van der Waals surface area contributed by atoms with E-state index in [1.54, 1.807) is 0 Å². The SMILES string of the molecule is CN(CCN(C)c1ccccc1)Cc1noc(CN)n1. The van der Waals surface area contributed by atoms with Gasteiger partial charge in [0.1, 0.15) is 0 Å². The molecule has 20 heavy (non-hydrogen) atoms. The fraction of sp³-hybridized carbons (Fsp3) is 0.429. The Balaban J connectivity index is 1.78. The molecule has 0 saturated heterocycles. The Morgan fingerprint density at radius 1 is 1.15 bits per heavy atom. The average Bonchev–Trinajstić information content (AvgIpc) is 2.93. The Hall–Kier alpha value is -1.92. The first kappa shape index (κ1) is 14.5. The lowest BCUT2D eigenvalue weighted by molar-refractivity contribution is 0.312. The number of anilines is 1. The maximum atomic E-state index is 5.44. The molecule has 0 aliphatic carbocycles. The summed E-state index contributed by atoms with van der Waals surface area (Å²) in [5.74, 6) is 1.16. The van der Waals surface area contributed by atoms with Crippen LogP contribution in [0.1, 0.15) is 11.7 Å². The summed E-state index contributed by atoms with van der Waals surface area (Å²) >= 11 is 0. The molecule has 0 bridgehead atoms. The van der Waals surface area contributed by atoms with Crippen LogP contribution in [0.5, 0.6) is 0 Å². The van der Waals surface area contributed by atoms with Crippen molar-refractivity contribution in [3.8, 4) is 0 Å². The molecular formula is C14H21N5O. The molecule has 6 nitrogen and oxygen atoms in total. The van der Waals surface area contributed by atoms with E-state index in [-0.39, 0.29) is 6.54 Å². The zero-order chi connectivity index (χ0) is 14.4. The Labute approximate surface area is 119 Å². The van der Waals surface area contributed by atoms with Crippen LogP contribution in [0.15, 0.2) is 34.9 Å². The minimum absolute atomic E-state index is 0.285. The van der Waals surface area contributed by atoms with Crippen LogP contribution in [0.4, 0.5) is 5.69 Å². The van der Waals surface area contributed by atoms with Crippen molar-refractivity contribution in [3.05, 3.63) is 42.0 Å². The van der Waals surface area contributed by atoms with Crippen molar-refractivity contribution in [2.45, 2.75) is 13.1 Å². The maximum Gasteiger partial charge on any atom is 0.240 e. The first-order valence-corrected chi connectivity index (χ1v) is 6.65. The topological polar surface area (TPSA) is 71.4 Å². The summed E-state index contributed by atoms with van der Waals surface area (Å²) in [4.78, 5) is 8.57. The molecular weight excluding hydrogens is 254 g/mol. The molecule has 1 heterocycles. The monoisotopic (exact) mass is 275 g/mol. The molecule has 2 N–H and O–H groups in total. The summed E-state index contributed by atoms with van der Waals surface area (Å²) in [6.07, 6.45) is 0. The van der Waals surface area contributed by atoms with E-state index in [4.69, 9.17) is 10.3 Å². The average molecular weight is 275 g/mol. The lowest BCUT2D eigenvalue weighted by atomic mass is 10.3. The number of benzene rings is 1. The van der Waals surface area contributed by atoms with Gasteiger partial charge in [0.05, 0.1) is 13.1 Å². The highest BCUT2D eigenvalue weighted by atomic mass is 16.5. The van der Waals surface area contributed by atoms with Gasteiger partial charge in [-0.3, -0.25) is 4.90 Å². The van der Waals surface area contributed by atoms with Crippen molar-refractivity contribution < 1.29 is 4.52 Å². The van der Waals surface area contributed by atoms with E-state index < -0.39 is 0 Å². The second-order valence-electron chi connectivity index (χ2n) is 4.80. The molecule has 0 spiro atoms. The predicted molar refractivity (Wildman–Crippen MR) is 78.2 cm³/mol. The fourth-order valence-corrected chi connectivity index (χ4v) is 1.89. The van der Waals surface area contributed by atoms with Crippen molar-refractivity contribution in [3.63, 3.8) is 0 Å². The molecule has 0 unspecified atom stereocenters. The molecule has 0 fully saturated rings. The molecule has 1 aromatic heterocycles. The lowest BCUT2D eigenvalue weighted by Crippen LogP contribution is -2.30. The highest BCUT2D eigenvalue weighted by Gasteiger charge is 2.08. The van der Waals surface area contributed by atoms with E-state index in [2.05, 4.69) is 39.1 Å². The van der Waals surface area contributed by atoms with E-state index in [0.29, 0.717) is 18.3 Å². The highest BCUT2D eigenvalue weighted by molar-refractivity contribution is 5.44. The third kappa shape index (κ3) is 4.04. The minimum atomic E-state index is 0.285. The van der Waals surface area contributed by atoms with E-state index in [1.165, 1.54) is 5.69 Å². The van der Waals surface area contributed by atoms with Gasteiger partial charge in [0.15, 0.2) is 5.82 Å². The summed E-state index contributed by atoms with van der Waals surface area (Å²) < 4.78 is 4.99. The number of hydrogen-bond donors (Lipinski definition) is 1. The second-order valence-corrected chi connectivity index (χ2v) is 4.80. The van der Waals surface area contributed by atoms with Crippen molar-refractivity contribution >= 4 is 5.69 Å². The predicted octanol–water partition coefficient (Wildman–Crippen LogP) is 1.10. The molecule has 0 atom stereocenters. The van der Waals surface area contributed by atoms with Crippen LogP contribution in [-0.4, -0.2) is 42.2 Å². The molecule has 6 heteroatoms. The van der Waals surface area contributed by atoms with Gasteiger partial charge in [-0.25, -0.2) is 0 Å². The van der Waals surface area contributed by atoms with E-state index >= 15 is 0 Å². The first-order valence-electron chi connectivity index (χ1n) is 6.65. The van der Waals surface area contributed by atoms with Gasteiger partial charge in [0.2, 0.25) is 5.89 Å². The minimum Gasteiger partial charge on any atom is -0.373 e. The van der Waals surface area contributed by atoms with Gasteiger partial charge in [-0.2, -0.15) is 4.98 Å². The van der Waals surface area contributed by atoms with Gasteiger partial charge in [-0.15, -0.1) is 0 Å². The summed E-state index contributed by atoms with van der Waals surface area (Å²) in [5.41, 5.74) is 6.65. The number of nitrogens with two attached hydrogens (primary N) is 1. The Morgan fingerprint density at radius 3 is 2.55 bits per heavy atom. The van der Waals surface area contributed by atoms with Crippen LogP contribution >= 0.6 is 0 Å². The van der Waals surface area contributed by atoms with Crippen LogP contribution in [0.3, 0.4) is 0 Å². The largest absolute Gasteiger partial charge is 0.373 e. The standard InChI is InChI=1S/C14H21N5O/c1-18(11-13-16-14(10-15)20-17-13)8-9-19(2)12-6-4-3-5-7-12/h3-7H,8-11,15H2,1-2H3. The van der Waals surface area contributed by atoms with Crippen molar-refractivity contribution in [2.75, 3.05) is 32.1 Å². The molecule has 0 aliphatic heterocycles. The second kappa shape index (κ2) is 7.02. The molecule has 2 aromatic rings. The van der Waals surface area contributed by atoms with Crippen LogP contribution in [-0.2, 0) is 13.1 Å². The van der Waals surface area contributed by atoms with Crippen LogP contribution in [0.25, 0.3) is 0 Å². The maximum absolute atomic E-state index is 5.44. The molecule has 108 valence electrons. The molecule has 0 saturated carbocycles. The lowest BCUT2D eigenvalue weighted by Gasteiger charge is -2.22. The highest BCUT2D eigenvalue weighted by Crippen LogP contribution is 2.10. The third-order valence-corrected chi connectivity index (χ3v) is 3.11. The first-order chi connectivity index (χ1) is 9.69. The molecule has 0 radical (unpaired) electrons. The summed E-state index contributed by atoms with van der Waals surface area (Å²) in [5, 5.41) is 3.89. The Morgan fingerprint density at radius 2 is 1.90 bits per heavy atom. The van der Waals surface area contributed by atoms with E-state index in [9.17, 15) is 0 Å². The zero-order valence-corrected chi connectivity index (χ0v) is 12.0. The van der Waals surface area contributed by atoms with E-state index in [1.807, 2.05) is 25.2 Å². The number of aromatic nitrogens is 2. The Kier molecular flexibility index (Phi) is 5.09. The smallest absolute Gasteiger partial charge is 0.240 e. The third-order valence-electron chi connectivity index (χ3n) is 3.11. The van der Waals surface area contributed by atoms with Crippen molar-refractivity contribution in [2.24, 2.45) is 5.73 Å². The van der Waals surface area contributed by atoms with Crippen LogP contribution < -0.4 is 10.6 Å². The van der Waals surface area contributed by atoms with Gasteiger partial charge in [-0.1, -0.05) is 23.4 Å². The molecule has 2 rings (SSSR count). The molecule has 0 amide bonds.